The van der Waals surface area contributed by atoms with Crippen molar-refractivity contribution in [3.05, 3.63) is 42.5 Å². The number of alkyl halides is 3. The first kappa shape index (κ1) is 16.0. The summed E-state index contributed by atoms with van der Waals surface area (Å²) in [5.41, 5.74) is -3.70. The Morgan fingerprint density at radius 1 is 1.30 bits per heavy atom. The van der Waals surface area contributed by atoms with Crippen molar-refractivity contribution in [2.75, 3.05) is 0 Å². The molecule has 0 aliphatic heterocycles. The molecular formula is C7H5F3N2O7S. The second-order valence-corrected chi connectivity index (χ2v) is 5.00. The van der Waals surface area contributed by atoms with E-state index in [1.54, 1.807) is 0 Å². The van der Waals surface area contributed by atoms with Gasteiger partial charge in [-0.15, -0.1) is 0 Å². The predicted octanol–water partition coefficient (Wildman–Crippen LogP) is 0.900. The molecule has 20 heavy (non-hydrogen) atoms. The van der Waals surface area contributed by atoms with Gasteiger partial charge >= 0.3 is 16.3 Å². The fourth-order valence-corrected chi connectivity index (χ4v) is 2.49. The van der Waals surface area contributed by atoms with Gasteiger partial charge in [0, 0.05) is 11.0 Å². The van der Waals surface area contributed by atoms with E-state index < -0.39 is 54.8 Å². The van der Waals surface area contributed by atoms with Crippen molar-refractivity contribution in [2.45, 2.75) is 18.6 Å². The highest BCUT2D eigenvalue weighted by Gasteiger charge is 2.50. The fourth-order valence-electron chi connectivity index (χ4n) is 1.58. The number of halogens is 3. The summed E-state index contributed by atoms with van der Waals surface area (Å²) < 4.78 is 68.6. The van der Waals surface area contributed by atoms with Gasteiger partial charge in [0.2, 0.25) is 6.04 Å². The molecule has 0 amide bonds. The molecule has 0 saturated carbocycles. The number of hydrogen-bond acceptors (Lipinski definition) is 6. The average molecular weight is 318 g/mol. The van der Waals surface area contributed by atoms with E-state index in [4.69, 9.17) is 4.55 Å². The smallest absolute Gasteiger partial charge is 0.282 e. The van der Waals surface area contributed by atoms with E-state index in [0.29, 0.717) is 0 Å². The standard InChI is InChI=1S/C7H5F3N2O7S/c8-7(9,10)4-1-3(11(13)14)2-5(12(15)16)6(4)20(17,18)19/h1,3H,2H2,(H,17,18,19). The third kappa shape index (κ3) is 3.11. The molecule has 0 bridgehead atoms. The van der Waals surface area contributed by atoms with Crippen LogP contribution >= 0.6 is 0 Å². The number of nitro groups is 2. The Balaban J connectivity index is 3.68. The predicted molar refractivity (Wildman–Crippen MR) is 55.1 cm³/mol. The van der Waals surface area contributed by atoms with Crippen molar-refractivity contribution in [1.29, 1.82) is 0 Å². The number of rotatable bonds is 3. The zero-order valence-electron chi connectivity index (χ0n) is 9.20. The topological polar surface area (TPSA) is 141 Å². The average Bonchev–Trinajstić information content (AvgIpc) is 2.24. The quantitative estimate of drug-likeness (QED) is 0.463. The van der Waals surface area contributed by atoms with Gasteiger partial charge < -0.3 is 0 Å². The lowest BCUT2D eigenvalue weighted by atomic mass is 9.99. The van der Waals surface area contributed by atoms with Gasteiger partial charge in [-0.2, -0.15) is 21.6 Å². The van der Waals surface area contributed by atoms with Gasteiger partial charge in [0.25, 0.3) is 5.70 Å². The molecule has 112 valence electrons. The van der Waals surface area contributed by atoms with E-state index in [9.17, 15) is 41.8 Å². The third-order valence-corrected chi connectivity index (χ3v) is 3.29. The first-order valence-corrected chi connectivity index (χ1v) is 6.07. The highest BCUT2D eigenvalue weighted by molar-refractivity contribution is 7.90. The molecule has 0 aromatic heterocycles. The SMILES string of the molecule is O=[N+]([O-])C1=C(S(=O)(=O)O)C(C(F)(F)F)=CC([N+](=O)[O-])C1. The zero-order chi connectivity index (χ0) is 15.9. The first-order valence-electron chi connectivity index (χ1n) is 4.63. The number of hydrogen-bond donors (Lipinski definition) is 1. The van der Waals surface area contributed by atoms with Gasteiger partial charge in [-0.1, -0.05) is 0 Å². The lowest BCUT2D eigenvalue weighted by Gasteiger charge is -2.18. The molecule has 0 radical (unpaired) electrons. The van der Waals surface area contributed by atoms with E-state index in [1.807, 2.05) is 0 Å². The molecule has 1 aliphatic rings. The van der Waals surface area contributed by atoms with Crippen LogP contribution in [0.25, 0.3) is 0 Å². The highest BCUT2D eigenvalue weighted by Crippen LogP contribution is 2.40. The summed E-state index contributed by atoms with van der Waals surface area (Å²) in [4.78, 5) is 16.4. The summed E-state index contributed by atoms with van der Waals surface area (Å²) in [6, 6.07) is -2.11. The fraction of sp³-hybridized carbons (Fsp3) is 0.429. The Morgan fingerprint density at radius 3 is 2.10 bits per heavy atom. The minimum atomic E-state index is -5.57. The maximum atomic E-state index is 12.7. The molecule has 1 aliphatic carbocycles. The first-order chi connectivity index (χ1) is 8.85. The molecule has 1 N–H and O–H groups in total. The van der Waals surface area contributed by atoms with Crippen LogP contribution in [0.15, 0.2) is 22.3 Å². The van der Waals surface area contributed by atoms with Crippen molar-refractivity contribution >= 4 is 10.1 Å². The molecule has 0 aromatic carbocycles. The highest BCUT2D eigenvalue weighted by atomic mass is 32.2. The summed E-state index contributed by atoms with van der Waals surface area (Å²) in [7, 11) is -5.57. The summed E-state index contributed by atoms with van der Waals surface area (Å²) in [6.07, 6.45) is -6.67. The summed E-state index contributed by atoms with van der Waals surface area (Å²) in [6.45, 7) is 0. The molecule has 0 fully saturated rings. The molecule has 13 heteroatoms. The van der Waals surface area contributed by atoms with Crippen LogP contribution in [0.1, 0.15) is 6.42 Å². The van der Waals surface area contributed by atoms with Crippen LogP contribution in [-0.2, 0) is 10.1 Å². The van der Waals surface area contributed by atoms with Crippen LogP contribution in [0.2, 0.25) is 0 Å². The van der Waals surface area contributed by atoms with Crippen molar-refractivity contribution in [3.63, 3.8) is 0 Å². The van der Waals surface area contributed by atoms with Crippen molar-refractivity contribution in [2.24, 2.45) is 0 Å². The van der Waals surface area contributed by atoms with Crippen LogP contribution in [-0.4, -0.2) is 35.0 Å². The van der Waals surface area contributed by atoms with Crippen LogP contribution in [0.5, 0.6) is 0 Å². The molecule has 9 nitrogen and oxygen atoms in total. The molecule has 1 atom stereocenters. The minimum Gasteiger partial charge on any atom is -0.282 e. The molecule has 0 spiro atoms. The number of nitrogens with zero attached hydrogens (tertiary/aromatic N) is 2. The van der Waals surface area contributed by atoms with Crippen molar-refractivity contribution in [3.8, 4) is 0 Å². The molecular weight excluding hydrogens is 313 g/mol. The molecule has 0 saturated heterocycles. The molecule has 0 heterocycles. The van der Waals surface area contributed by atoms with Crippen molar-refractivity contribution < 1.29 is 36.0 Å². The maximum Gasteiger partial charge on any atom is 0.417 e. The third-order valence-electron chi connectivity index (χ3n) is 2.32. The van der Waals surface area contributed by atoms with Gasteiger partial charge in [0.1, 0.15) is 6.42 Å². The minimum absolute atomic E-state index is 0.0733. The van der Waals surface area contributed by atoms with Crippen LogP contribution in [0.3, 0.4) is 0 Å². The Labute approximate surface area is 108 Å². The van der Waals surface area contributed by atoms with E-state index in [0.717, 1.165) is 0 Å². The van der Waals surface area contributed by atoms with E-state index in [1.165, 1.54) is 0 Å². The van der Waals surface area contributed by atoms with Gasteiger partial charge in [-0.05, 0) is 0 Å². The largest absolute Gasteiger partial charge is 0.417 e. The van der Waals surface area contributed by atoms with Crippen LogP contribution in [0.4, 0.5) is 13.2 Å². The van der Waals surface area contributed by atoms with Gasteiger partial charge in [-0.25, -0.2) is 0 Å². The lowest BCUT2D eigenvalue weighted by Crippen LogP contribution is -2.31. The lowest BCUT2D eigenvalue weighted by molar-refractivity contribution is -0.518. The summed E-state index contributed by atoms with van der Waals surface area (Å²) in [5.74, 6) is 0. The van der Waals surface area contributed by atoms with Gasteiger partial charge in [0.15, 0.2) is 4.91 Å². The molecule has 1 rings (SSSR count). The molecule has 1 unspecified atom stereocenters. The second-order valence-electron chi connectivity index (χ2n) is 3.64. The molecule has 0 aromatic rings. The maximum absolute atomic E-state index is 12.7. The summed E-state index contributed by atoms with van der Waals surface area (Å²) in [5, 5.41) is 21.1. The van der Waals surface area contributed by atoms with E-state index in [-0.39, 0.29) is 6.08 Å². The Hall–Kier alpha value is -2.02. The van der Waals surface area contributed by atoms with E-state index in [2.05, 4.69) is 0 Å². The Morgan fingerprint density at radius 2 is 1.80 bits per heavy atom. The zero-order valence-corrected chi connectivity index (χ0v) is 10.0. The Kier molecular flexibility index (Phi) is 3.87. The normalized spacial score (nSPS) is 20.6. The van der Waals surface area contributed by atoms with E-state index >= 15 is 0 Å². The van der Waals surface area contributed by atoms with Crippen molar-refractivity contribution in [1.82, 2.24) is 0 Å². The summed E-state index contributed by atoms with van der Waals surface area (Å²) >= 11 is 0. The van der Waals surface area contributed by atoms with Crippen LogP contribution < -0.4 is 0 Å². The second kappa shape index (κ2) is 4.82. The van der Waals surface area contributed by atoms with Gasteiger partial charge in [-0.3, -0.25) is 24.8 Å². The van der Waals surface area contributed by atoms with Gasteiger partial charge in [0.05, 0.1) is 10.5 Å². The van der Waals surface area contributed by atoms with Crippen LogP contribution in [0, 0.1) is 20.2 Å². The number of allylic oxidation sites excluding steroid dienone is 1. The Bertz CT molecular complexity index is 633. The monoisotopic (exact) mass is 318 g/mol.